The van der Waals surface area contributed by atoms with Gasteiger partial charge in [0.15, 0.2) is 0 Å². The van der Waals surface area contributed by atoms with E-state index in [-0.39, 0.29) is 12.1 Å². The molecule has 2 aromatic heterocycles. The van der Waals surface area contributed by atoms with E-state index in [4.69, 9.17) is 0 Å². The molecule has 0 aromatic carbocycles. The first-order chi connectivity index (χ1) is 11.2. The summed E-state index contributed by atoms with van der Waals surface area (Å²) in [6, 6.07) is -0.118. The maximum absolute atomic E-state index is 12.0. The molecular weight excluding hydrogens is 294 g/mol. The molecule has 1 atom stereocenters. The first kappa shape index (κ1) is 15.3. The third-order valence-corrected chi connectivity index (χ3v) is 3.96. The van der Waals surface area contributed by atoms with Crippen LogP contribution >= 0.6 is 0 Å². The first-order valence-corrected chi connectivity index (χ1v) is 7.79. The van der Waals surface area contributed by atoms with Crippen molar-refractivity contribution < 1.29 is 4.79 Å². The molecule has 2 amide bonds. The molecule has 23 heavy (non-hydrogen) atoms. The summed E-state index contributed by atoms with van der Waals surface area (Å²) in [5.74, 6) is 0.696. The van der Waals surface area contributed by atoms with Crippen molar-refractivity contribution >= 4 is 11.8 Å². The molecule has 1 unspecified atom stereocenters. The van der Waals surface area contributed by atoms with Crippen molar-refractivity contribution in [2.24, 2.45) is 7.05 Å². The molecule has 1 aliphatic carbocycles. The van der Waals surface area contributed by atoms with E-state index >= 15 is 0 Å². The van der Waals surface area contributed by atoms with Crippen molar-refractivity contribution in [3.63, 3.8) is 0 Å². The van der Waals surface area contributed by atoms with E-state index < -0.39 is 0 Å². The van der Waals surface area contributed by atoms with Crippen LogP contribution in [0.15, 0.2) is 24.8 Å². The van der Waals surface area contributed by atoms with Crippen LogP contribution in [0.3, 0.4) is 0 Å². The molecule has 3 rings (SSSR count). The van der Waals surface area contributed by atoms with Gasteiger partial charge in [-0.2, -0.15) is 5.10 Å². The Morgan fingerprint density at radius 2 is 2.26 bits per heavy atom. The van der Waals surface area contributed by atoms with E-state index in [1.165, 1.54) is 5.69 Å². The minimum absolute atomic E-state index is 0.0420. The second kappa shape index (κ2) is 7.08. The Morgan fingerprint density at radius 1 is 1.35 bits per heavy atom. The van der Waals surface area contributed by atoms with Crippen molar-refractivity contribution in [2.45, 2.75) is 25.3 Å². The molecule has 8 nitrogen and oxygen atoms in total. The summed E-state index contributed by atoms with van der Waals surface area (Å²) in [4.78, 5) is 20.1. The molecule has 0 saturated carbocycles. The monoisotopic (exact) mass is 315 g/mol. The normalized spacial score (nSPS) is 16.5. The minimum atomic E-state index is -0.160. The zero-order valence-electron chi connectivity index (χ0n) is 13.1. The first-order valence-electron chi connectivity index (χ1n) is 7.79. The number of nitrogens with zero attached hydrogens (tertiary/aromatic N) is 4. The van der Waals surface area contributed by atoms with Crippen LogP contribution in [0.4, 0.5) is 10.6 Å². The number of urea groups is 1. The van der Waals surface area contributed by atoms with Crippen molar-refractivity contribution in [1.82, 2.24) is 30.4 Å². The van der Waals surface area contributed by atoms with Crippen LogP contribution in [0.25, 0.3) is 0 Å². The maximum Gasteiger partial charge on any atom is 0.315 e. The average molecular weight is 315 g/mol. The van der Waals surface area contributed by atoms with Crippen molar-refractivity contribution in [2.75, 3.05) is 18.4 Å². The predicted molar refractivity (Wildman–Crippen MR) is 85.9 cm³/mol. The van der Waals surface area contributed by atoms with Gasteiger partial charge in [-0.05, 0) is 19.3 Å². The van der Waals surface area contributed by atoms with Gasteiger partial charge >= 0.3 is 6.03 Å². The standard InChI is InChI=1S/C15H21N7O/c1-22-13-4-2-3-12(11(13)9-20-22)21-15(23)19-8-7-18-14-10-16-5-6-17-14/h5-6,9-10,12H,2-4,7-8H2,1H3,(H,17,18)(H2,19,21,23). The molecule has 2 heterocycles. The number of aromatic nitrogens is 4. The van der Waals surface area contributed by atoms with Gasteiger partial charge in [-0.1, -0.05) is 0 Å². The summed E-state index contributed by atoms with van der Waals surface area (Å²) in [6.07, 6.45) is 9.77. The smallest absolute Gasteiger partial charge is 0.315 e. The number of aryl methyl sites for hydroxylation is 1. The Labute approximate surface area is 134 Å². The summed E-state index contributed by atoms with van der Waals surface area (Å²) in [7, 11) is 1.94. The zero-order valence-corrected chi connectivity index (χ0v) is 13.1. The molecule has 3 N–H and O–H groups in total. The van der Waals surface area contributed by atoms with Gasteiger partial charge in [-0.25, -0.2) is 9.78 Å². The molecule has 0 radical (unpaired) electrons. The van der Waals surface area contributed by atoms with Gasteiger partial charge < -0.3 is 16.0 Å². The topological polar surface area (TPSA) is 96.8 Å². The Bertz CT molecular complexity index is 655. The van der Waals surface area contributed by atoms with Gasteiger partial charge in [0.05, 0.1) is 18.4 Å². The largest absolute Gasteiger partial charge is 0.367 e. The maximum atomic E-state index is 12.0. The van der Waals surface area contributed by atoms with E-state index in [2.05, 4.69) is 31.0 Å². The predicted octanol–water partition coefficient (Wildman–Crippen LogP) is 0.999. The highest BCUT2D eigenvalue weighted by molar-refractivity contribution is 5.74. The lowest BCUT2D eigenvalue weighted by Crippen LogP contribution is -2.40. The lowest BCUT2D eigenvalue weighted by Gasteiger charge is -2.24. The Morgan fingerprint density at radius 3 is 3.09 bits per heavy atom. The van der Waals surface area contributed by atoms with Gasteiger partial charge in [0.1, 0.15) is 5.82 Å². The highest BCUT2D eigenvalue weighted by atomic mass is 16.2. The molecule has 2 aromatic rings. The van der Waals surface area contributed by atoms with E-state index in [0.717, 1.165) is 24.8 Å². The molecule has 8 heteroatoms. The quantitative estimate of drug-likeness (QED) is 0.715. The number of nitrogens with one attached hydrogen (secondary N) is 3. The number of fused-ring (bicyclic) bond motifs is 1. The highest BCUT2D eigenvalue weighted by Crippen LogP contribution is 2.28. The molecule has 0 saturated heterocycles. The molecule has 0 aliphatic heterocycles. The summed E-state index contributed by atoms with van der Waals surface area (Å²) >= 11 is 0. The van der Waals surface area contributed by atoms with Crippen LogP contribution in [0, 0.1) is 0 Å². The number of hydrogen-bond donors (Lipinski definition) is 3. The summed E-state index contributed by atoms with van der Waals surface area (Å²) in [5, 5.41) is 13.3. The molecule has 1 aliphatic rings. The summed E-state index contributed by atoms with van der Waals surface area (Å²) in [6.45, 7) is 1.10. The Balaban J connectivity index is 1.43. The van der Waals surface area contributed by atoms with Crippen LogP contribution in [0.2, 0.25) is 0 Å². The van der Waals surface area contributed by atoms with E-state index in [0.29, 0.717) is 18.9 Å². The lowest BCUT2D eigenvalue weighted by molar-refractivity contribution is 0.236. The molecule has 122 valence electrons. The van der Waals surface area contributed by atoms with E-state index in [1.54, 1.807) is 18.6 Å². The number of carbonyl (C=O) groups is 1. The minimum Gasteiger partial charge on any atom is -0.367 e. The fourth-order valence-corrected chi connectivity index (χ4v) is 2.82. The Kier molecular flexibility index (Phi) is 4.70. The number of anilines is 1. The number of rotatable bonds is 5. The number of carbonyl (C=O) groups excluding carboxylic acids is 1. The van der Waals surface area contributed by atoms with Crippen molar-refractivity contribution in [3.8, 4) is 0 Å². The Hall–Kier alpha value is -2.64. The molecule has 0 fully saturated rings. The molecular formula is C15H21N7O. The van der Waals surface area contributed by atoms with Crippen LogP contribution in [-0.2, 0) is 13.5 Å². The van der Waals surface area contributed by atoms with Gasteiger partial charge in [0.2, 0.25) is 0 Å². The number of hydrogen-bond acceptors (Lipinski definition) is 5. The molecule has 0 bridgehead atoms. The van der Waals surface area contributed by atoms with Crippen LogP contribution < -0.4 is 16.0 Å². The summed E-state index contributed by atoms with van der Waals surface area (Å²) in [5.41, 5.74) is 2.34. The van der Waals surface area contributed by atoms with Crippen LogP contribution in [0.1, 0.15) is 30.1 Å². The van der Waals surface area contributed by atoms with Gasteiger partial charge in [-0.3, -0.25) is 9.67 Å². The zero-order chi connectivity index (χ0) is 16.1. The van der Waals surface area contributed by atoms with Crippen molar-refractivity contribution in [1.29, 1.82) is 0 Å². The SMILES string of the molecule is Cn1ncc2c1CCCC2NC(=O)NCCNc1cnccn1. The van der Waals surface area contributed by atoms with Crippen LogP contribution in [0.5, 0.6) is 0 Å². The second-order valence-corrected chi connectivity index (χ2v) is 5.53. The van der Waals surface area contributed by atoms with Crippen LogP contribution in [-0.4, -0.2) is 38.9 Å². The molecule has 0 spiro atoms. The number of amides is 2. The highest BCUT2D eigenvalue weighted by Gasteiger charge is 2.24. The average Bonchev–Trinajstić information content (AvgIpc) is 2.95. The summed E-state index contributed by atoms with van der Waals surface area (Å²) < 4.78 is 1.89. The fraction of sp³-hybridized carbons (Fsp3) is 0.467. The second-order valence-electron chi connectivity index (χ2n) is 5.53. The van der Waals surface area contributed by atoms with E-state index in [9.17, 15) is 4.79 Å². The van der Waals surface area contributed by atoms with Crippen molar-refractivity contribution in [3.05, 3.63) is 36.0 Å². The lowest BCUT2D eigenvalue weighted by atomic mass is 9.93. The van der Waals surface area contributed by atoms with Gasteiger partial charge in [0.25, 0.3) is 0 Å². The van der Waals surface area contributed by atoms with Gasteiger partial charge in [0, 0.05) is 43.8 Å². The van der Waals surface area contributed by atoms with E-state index in [1.807, 2.05) is 17.9 Å². The van der Waals surface area contributed by atoms with Gasteiger partial charge in [-0.15, -0.1) is 0 Å². The third kappa shape index (κ3) is 3.77. The third-order valence-electron chi connectivity index (χ3n) is 3.96. The fourth-order valence-electron chi connectivity index (χ4n) is 2.82.